The van der Waals surface area contributed by atoms with Crippen molar-refractivity contribution in [2.24, 2.45) is 5.92 Å². The zero-order valence-corrected chi connectivity index (χ0v) is 12.0. The van der Waals surface area contributed by atoms with Crippen LogP contribution in [0.2, 0.25) is 0 Å². The highest BCUT2D eigenvalue weighted by atomic mass is 16.2. The number of nitrogens with one attached hydrogen (secondary N) is 1. The van der Waals surface area contributed by atoms with Gasteiger partial charge in [-0.3, -0.25) is 4.79 Å². The summed E-state index contributed by atoms with van der Waals surface area (Å²) in [6, 6.07) is 0.568. The van der Waals surface area contributed by atoms with Crippen molar-refractivity contribution in [2.45, 2.75) is 70.4 Å². The fraction of sp³-hybridized carbons (Fsp3) is 0.933. The van der Waals surface area contributed by atoms with Gasteiger partial charge in [-0.25, -0.2) is 0 Å². The molecule has 1 amide bonds. The monoisotopic (exact) mass is 252 g/mol. The molecular weight excluding hydrogens is 224 g/mol. The molecule has 1 N–H and O–H groups in total. The van der Waals surface area contributed by atoms with Gasteiger partial charge in [0.2, 0.25) is 5.91 Å². The second-order valence-corrected chi connectivity index (χ2v) is 6.27. The number of hydrogen-bond donors (Lipinski definition) is 1. The van der Waals surface area contributed by atoms with E-state index in [0.717, 1.165) is 18.9 Å². The van der Waals surface area contributed by atoms with Gasteiger partial charge in [0, 0.05) is 19.6 Å². The van der Waals surface area contributed by atoms with Gasteiger partial charge in [0.1, 0.15) is 0 Å². The lowest BCUT2D eigenvalue weighted by Crippen LogP contribution is -2.51. The summed E-state index contributed by atoms with van der Waals surface area (Å²) >= 11 is 0. The number of rotatable bonds is 3. The normalized spacial score (nSPS) is 30.1. The highest BCUT2D eigenvalue weighted by Crippen LogP contribution is 2.24. The summed E-state index contributed by atoms with van der Waals surface area (Å²) < 4.78 is 0. The van der Waals surface area contributed by atoms with Crippen molar-refractivity contribution in [1.82, 2.24) is 10.2 Å². The number of nitrogens with zero attached hydrogens (tertiary/aromatic N) is 1. The van der Waals surface area contributed by atoms with E-state index in [4.69, 9.17) is 0 Å². The van der Waals surface area contributed by atoms with Gasteiger partial charge in [-0.1, -0.05) is 19.3 Å². The first kappa shape index (κ1) is 13.9. The summed E-state index contributed by atoms with van der Waals surface area (Å²) in [6.07, 6.45) is 10.1. The number of likely N-dealkylation sites (N-methyl/N-ethyl adjacent to an activating group) is 1. The zero-order chi connectivity index (χ0) is 13.0. The van der Waals surface area contributed by atoms with Crippen molar-refractivity contribution in [1.29, 1.82) is 0 Å². The molecule has 0 radical (unpaired) electrons. The van der Waals surface area contributed by atoms with E-state index in [1.165, 1.54) is 44.9 Å². The molecule has 3 heteroatoms. The molecule has 3 nitrogen and oxygen atoms in total. The van der Waals surface area contributed by atoms with Gasteiger partial charge in [-0.2, -0.15) is 0 Å². The molecule has 2 aliphatic rings. The van der Waals surface area contributed by atoms with Crippen molar-refractivity contribution in [3.05, 3.63) is 0 Å². The SMILES string of the molecule is CC1CCCC(C(=O)N(C)CC2CCCCC2)N1. The minimum Gasteiger partial charge on any atom is -0.344 e. The molecule has 1 saturated heterocycles. The van der Waals surface area contributed by atoms with Crippen LogP contribution in [-0.2, 0) is 4.79 Å². The number of carbonyl (C=O) groups is 1. The quantitative estimate of drug-likeness (QED) is 0.837. The predicted octanol–water partition coefficient (Wildman–Crippen LogP) is 2.56. The largest absolute Gasteiger partial charge is 0.344 e. The Bertz CT molecular complexity index is 274. The third kappa shape index (κ3) is 3.71. The lowest BCUT2D eigenvalue weighted by Gasteiger charge is -2.33. The average molecular weight is 252 g/mol. The van der Waals surface area contributed by atoms with Crippen LogP contribution in [0.25, 0.3) is 0 Å². The lowest BCUT2D eigenvalue weighted by atomic mass is 9.89. The summed E-state index contributed by atoms with van der Waals surface area (Å²) in [7, 11) is 1.98. The molecule has 2 atom stereocenters. The number of hydrogen-bond acceptors (Lipinski definition) is 2. The van der Waals surface area contributed by atoms with Gasteiger partial charge < -0.3 is 10.2 Å². The molecule has 2 fully saturated rings. The minimum atomic E-state index is 0.0716. The van der Waals surface area contributed by atoms with E-state index in [1.807, 2.05) is 11.9 Å². The fourth-order valence-corrected chi connectivity index (χ4v) is 3.45. The summed E-state index contributed by atoms with van der Waals surface area (Å²) in [5.41, 5.74) is 0. The molecule has 0 spiro atoms. The summed E-state index contributed by atoms with van der Waals surface area (Å²) in [5, 5.41) is 3.44. The van der Waals surface area contributed by atoms with Crippen LogP contribution in [0.15, 0.2) is 0 Å². The third-order valence-corrected chi connectivity index (χ3v) is 4.55. The Morgan fingerprint density at radius 1 is 1.11 bits per heavy atom. The van der Waals surface area contributed by atoms with E-state index in [-0.39, 0.29) is 6.04 Å². The van der Waals surface area contributed by atoms with E-state index in [2.05, 4.69) is 12.2 Å². The van der Waals surface area contributed by atoms with Crippen molar-refractivity contribution in [2.75, 3.05) is 13.6 Å². The van der Waals surface area contributed by atoms with Crippen LogP contribution in [0.4, 0.5) is 0 Å². The molecule has 0 aromatic rings. The molecule has 2 rings (SSSR count). The van der Waals surface area contributed by atoms with Crippen LogP contribution >= 0.6 is 0 Å². The Kier molecular flexibility index (Phi) is 5.04. The van der Waals surface area contributed by atoms with Crippen LogP contribution < -0.4 is 5.32 Å². The van der Waals surface area contributed by atoms with E-state index in [1.54, 1.807) is 0 Å². The molecule has 0 bridgehead atoms. The molecule has 2 unspecified atom stereocenters. The first-order valence-corrected chi connectivity index (χ1v) is 7.68. The van der Waals surface area contributed by atoms with Gasteiger partial charge >= 0.3 is 0 Å². The Balaban J connectivity index is 1.79. The number of amides is 1. The number of carbonyl (C=O) groups excluding carboxylic acids is 1. The highest BCUT2D eigenvalue weighted by molar-refractivity contribution is 5.81. The molecule has 1 aliphatic carbocycles. The Hall–Kier alpha value is -0.570. The molecule has 0 aromatic carbocycles. The van der Waals surface area contributed by atoms with Gasteiger partial charge in [-0.15, -0.1) is 0 Å². The Labute approximate surface area is 111 Å². The van der Waals surface area contributed by atoms with E-state index in [0.29, 0.717) is 11.9 Å². The molecule has 104 valence electrons. The van der Waals surface area contributed by atoms with Gasteiger partial charge in [0.05, 0.1) is 6.04 Å². The summed E-state index contributed by atoms with van der Waals surface area (Å²) in [6.45, 7) is 3.14. The average Bonchev–Trinajstić information content (AvgIpc) is 2.39. The maximum atomic E-state index is 12.4. The van der Waals surface area contributed by atoms with Crippen molar-refractivity contribution in [3.8, 4) is 0 Å². The zero-order valence-electron chi connectivity index (χ0n) is 12.0. The van der Waals surface area contributed by atoms with Gasteiger partial charge in [-0.05, 0) is 44.9 Å². The first-order chi connectivity index (χ1) is 8.66. The van der Waals surface area contributed by atoms with Crippen LogP contribution in [0, 0.1) is 5.92 Å². The summed E-state index contributed by atoms with van der Waals surface area (Å²) in [4.78, 5) is 14.4. The van der Waals surface area contributed by atoms with E-state index >= 15 is 0 Å². The van der Waals surface area contributed by atoms with Gasteiger partial charge in [0.25, 0.3) is 0 Å². The van der Waals surface area contributed by atoms with Crippen molar-refractivity contribution >= 4 is 5.91 Å². The van der Waals surface area contributed by atoms with Crippen molar-refractivity contribution < 1.29 is 4.79 Å². The topological polar surface area (TPSA) is 32.3 Å². The predicted molar refractivity (Wildman–Crippen MR) is 74.4 cm³/mol. The Morgan fingerprint density at radius 3 is 2.50 bits per heavy atom. The molecule has 18 heavy (non-hydrogen) atoms. The van der Waals surface area contributed by atoms with Crippen LogP contribution in [0.1, 0.15) is 58.3 Å². The minimum absolute atomic E-state index is 0.0716. The molecule has 1 saturated carbocycles. The van der Waals surface area contributed by atoms with Crippen LogP contribution in [0.3, 0.4) is 0 Å². The van der Waals surface area contributed by atoms with Gasteiger partial charge in [0.15, 0.2) is 0 Å². The van der Waals surface area contributed by atoms with E-state index in [9.17, 15) is 4.79 Å². The smallest absolute Gasteiger partial charge is 0.239 e. The fourth-order valence-electron chi connectivity index (χ4n) is 3.45. The Morgan fingerprint density at radius 2 is 1.83 bits per heavy atom. The molecular formula is C15H28N2O. The van der Waals surface area contributed by atoms with E-state index < -0.39 is 0 Å². The van der Waals surface area contributed by atoms with Crippen molar-refractivity contribution in [3.63, 3.8) is 0 Å². The lowest BCUT2D eigenvalue weighted by molar-refractivity contribution is -0.133. The first-order valence-electron chi connectivity index (χ1n) is 7.68. The second-order valence-electron chi connectivity index (χ2n) is 6.27. The maximum Gasteiger partial charge on any atom is 0.239 e. The summed E-state index contributed by atoms with van der Waals surface area (Å²) in [5.74, 6) is 1.06. The number of piperidine rings is 1. The maximum absolute atomic E-state index is 12.4. The van der Waals surface area contributed by atoms with Crippen LogP contribution in [-0.4, -0.2) is 36.5 Å². The third-order valence-electron chi connectivity index (χ3n) is 4.55. The molecule has 0 aromatic heterocycles. The highest BCUT2D eigenvalue weighted by Gasteiger charge is 2.27. The molecule has 1 heterocycles. The van der Waals surface area contributed by atoms with Crippen LogP contribution in [0.5, 0.6) is 0 Å². The standard InChI is InChI=1S/C15H28N2O/c1-12-7-6-10-14(16-12)15(18)17(2)11-13-8-4-3-5-9-13/h12-14,16H,3-11H2,1-2H3. The molecule has 1 aliphatic heterocycles. The second kappa shape index (κ2) is 6.55.